The summed E-state index contributed by atoms with van der Waals surface area (Å²) in [7, 11) is 1.45. The number of rotatable bonds is 4. The molecule has 1 amide bonds. The zero-order chi connectivity index (χ0) is 21.6. The Morgan fingerprint density at radius 2 is 2.07 bits per heavy atom. The summed E-state index contributed by atoms with van der Waals surface area (Å²) in [6, 6.07) is 6.26. The molecule has 3 heterocycles. The number of nitrogens with one attached hydrogen (secondary N) is 1. The molecule has 0 unspecified atom stereocenters. The van der Waals surface area contributed by atoms with E-state index in [0.717, 1.165) is 17.0 Å². The summed E-state index contributed by atoms with van der Waals surface area (Å²) in [5.41, 5.74) is 4.55. The predicted octanol–water partition coefficient (Wildman–Crippen LogP) is 3.26. The van der Waals surface area contributed by atoms with Crippen molar-refractivity contribution in [2.75, 3.05) is 7.11 Å². The molecule has 0 spiro atoms. The van der Waals surface area contributed by atoms with Crippen LogP contribution in [0.15, 0.2) is 39.9 Å². The molecule has 2 aliphatic rings. The van der Waals surface area contributed by atoms with Crippen LogP contribution in [0.3, 0.4) is 0 Å². The van der Waals surface area contributed by atoms with Crippen LogP contribution in [0.2, 0.25) is 0 Å². The van der Waals surface area contributed by atoms with Gasteiger partial charge in [0.15, 0.2) is 11.0 Å². The number of non-ortho nitro benzene ring substituents is 1. The molecule has 10 nitrogen and oxygen atoms in total. The maximum atomic E-state index is 12.4. The second kappa shape index (κ2) is 7.26. The van der Waals surface area contributed by atoms with Gasteiger partial charge in [-0.1, -0.05) is 0 Å². The SMILES string of the molecule is COc1cc([N+](=O)[O-])ccc1-n1c(C)cc(C=C2C(=N)N3N=CSC3=NC2=O)c1C. The molecule has 2 aliphatic heterocycles. The van der Waals surface area contributed by atoms with Gasteiger partial charge < -0.3 is 9.30 Å². The molecule has 1 aromatic heterocycles. The van der Waals surface area contributed by atoms with E-state index in [1.807, 2.05) is 24.5 Å². The number of methoxy groups -OCH3 is 1. The van der Waals surface area contributed by atoms with Crippen LogP contribution < -0.4 is 4.74 Å². The van der Waals surface area contributed by atoms with Crippen LogP contribution in [0.1, 0.15) is 17.0 Å². The van der Waals surface area contributed by atoms with E-state index in [0.29, 0.717) is 16.6 Å². The summed E-state index contributed by atoms with van der Waals surface area (Å²) < 4.78 is 7.25. The first kappa shape index (κ1) is 19.6. The molecule has 0 saturated carbocycles. The lowest BCUT2D eigenvalue weighted by Crippen LogP contribution is -2.35. The summed E-state index contributed by atoms with van der Waals surface area (Å²) in [6.07, 6.45) is 1.61. The number of nitro benzene ring substituents is 1. The van der Waals surface area contributed by atoms with Gasteiger partial charge in [0.25, 0.3) is 11.6 Å². The first-order chi connectivity index (χ1) is 14.3. The van der Waals surface area contributed by atoms with Gasteiger partial charge in [-0.2, -0.15) is 15.1 Å². The van der Waals surface area contributed by atoms with E-state index >= 15 is 0 Å². The quantitative estimate of drug-likeness (QED) is 0.456. The number of aryl methyl sites for hydroxylation is 1. The number of amides is 1. The van der Waals surface area contributed by atoms with Crippen LogP contribution in [0.5, 0.6) is 5.75 Å². The number of hydrazone groups is 1. The van der Waals surface area contributed by atoms with Gasteiger partial charge in [-0.3, -0.25) is 20.3 Å². The molecule has 0 radical (unpaired) electrons. The van der Waals surface area contributed by atoms with Crippen molar-refractivity contribution in [2.24, 2.45) is 10.1 Å². The number of amidine groups is 2. The number of benzene rings is 1. The molecule has 4 rings (SSSR count). The molecule has 0 fully saturated rings. The van der Waals surface area contributed by atoms with Crippen molar-refractivity contribution in [2.45, 2.75) is 13.8 Å². The van der Waals surface area contributed by atoms with Crippen molar-refractivity contribution in [1.29, 1.82) is 5.41 Å². The molecule has 0 bridgehead atoms. The van der Waals surface area contributed by atoms with Gasteiger partial charge >= 0.3 is 0 Å². The smallest absolute Gasteiger partial charge is 0.283 e. The molecule has 30 heavy (non-hydrogen) atoms. The van der Waals surface area contributed by atoms with Crippen molar-refractivity contribution < 1.29 is 14.5 Å². The third kappa shape index (κ3) is 3.08. The molecule has 1 aromatic carbocycles. The number of ether oxygens (including phenoxy) is 1. The molecule has 152 valence electrons. The fourth-order valence-corrected chi connectivity index (χ4v) is 3.97. The summed E-state index contributed by atoms with van der Waals surface area (Å²) in [5.74, 6) is -0.185. The first-order valence-corrected chi connectivity index (χ1v) is 9.64. The maximum absolute atomic E-state index is 12.4. The van der Waals surface area contributed by atoms with E-state index in [1.54, 1.807) is 12.1 Å². The van der Waals surface area contributed by atoms with Crippen LogP contribution >= 0.6 is 11.8 Å². The maximum Gasteiger partial charge on any atom is 0.283 e. The number of fused-ring (bicyclic) bond motifs is 1. The number of aliphatic imine (C=N–C) groups is 1. The Morgan fingerprint density at radius 3 is 2.77 bits per heavy atom. The van der Waals surface area contributed by atoms with Gasteiger partial charge in [0.2, 0.25) is 0 Å². The third-order valence-corrected chi connectivity index (χ3v) is 5.46. The lowest BCUT2D eigenvalue weighted by atomic mass is 10.1. The lowest BCUT2D eigenvalue weighted by Gasteiger charge is -2.20. The molecule has 11 heteroatoms. The molecule has 1 N–H and O–H groups in total. The van der Waals surface area contributed by atoms with Crippen molar-refractivity contribution >= 4 is 46.0 Å². The van der Waals surface area contributed by atoms with Crippen LogP contribution in [-0.4, -0.2) is 44.1 Å². The summed E-state index contributed by atoms with van der Waals surface area (Å²) in [4.78, 5) is 27.0. The largest absolute Gasteiger partial charge is 0.494 e. The second-order valence-corrected chi connectivity index (χ2v) is 7.34. The van der Waals surface area contributed by atoms with E-state index in [2.05, 4.69) is 10.1 Å². The molecule has 0 saturated heterocycles. The molecular weight excluding hydrogens is 408 g/mol. The second-order valence-electron chi connectivity index (χ2n) is 6.53. The number of nitrogens with zero attached hydrogens (tertiary/aromatic N) is 5. The minimum absolute atomic E-state index is 0.0380. The van der Waals surface area contributed by atoms with Gasteiger partial charge in [-0.15, -0.1) is 0 Å². The van der Waals surface area contributed by atoms with Crippen molar-refractivity contribution in [3.05, 3.63) is 56.9 Å². The Labute approximate surface area is 175 Å². The minimum atomic E-state index is -0.498. The average molecular weight is 424 g/mol. The highest BCUT2D eigenvalue weighted by molar-refractivity contribution is 8.25. The van der Waals surface area contributed by atoms with Crippen LogP contribution in [0.25, 0.3) is 11.8 Å². The highest BCUT2D eigenvalue weighted by atomic mass is 32.2. The topological polar surface area (TPSA) is 126 Å². The summed E-state index contributed by atoms with van der Waals surface area (Å²) >= 11 is 1.19. The summed E-state index contributed by atoms with van der Waals surface area (Å²) in [5, 5.41) is 25.1. The van der Waals surface area contributed by atoms with Crippen molar-refractivity contribution in [1.82, 2.24) is 9.58 Å². The van der Waals surface area contributed by atoms with Gasteiger partial charge in [0, 0.05) is 17.5 Å². The molecule has 0 atom stereocenters. The highest BCUT2D eigenvalue weighted by Gasteiger charge is 2.32. The normalized spacial score (nSPS) is 16.8. The Balaban J connectivity index is 1.80. The van der Waals surface area contributed by atoms with Crippen LogP contribution in [-0.2, 0) is 4.79 Å². The monoisotopic (exact) mass is 424 g/mol. The van der Waals surface area contributed by atoms with Gasteiger partial charge in [-0.05, 0) is 49.4 Å². The molecule has 2 aromatic rings. The van der Waals surface area contributed by atoms with Crippen molar-refractivity contribution in [3.8, 4) is 11.4 Å². The third-order valence-electron chi connectivity index (χ3n) is 4.78. The van der Waals surface area contributed by atoms with Crippen molar-refractivity contribution in [3.63, 3.8) is 0 Å². The molecule has 0 aliphatic carbocycles. The Bertz CT molecular complexity index is 1210. The number of hydrogen-bond donors (Lipinski definition) is 1. The number of carbonyl (C=O) groups excluding carboxylic acids is 1. The first-order valence-electron chi connectivity index (χ1n) is 8.76. The zero-order valence-electron chi connectivity index (χ0n) is 16.2. The summed E-state index contributed by atoms with van der Waals surface area (Å²) in [6.45, 7) is 3.73. The van der Waals surface area contributed by atoms with E-state index < -0.39 is 10.8 Å². The van der Waals surface area contributed by atoms with Gasteiger partial charge in [0.1, 0.15) is 5.75 Å². The molecular formula is C19H16N6O4S. The standard InChI is InChI=1S/C19H16N6O4S/c1-10-6-12(7-14-17(20)24-19(22-18(14)26)30-9-21-24)11(2)23(10)15-5-4-13(25(27)28)8-16(15)29-3/h4-9,20H,1-3H3. The zero-order valence-corrected chi connectivity index (χ0v) is 17.1. The van der Waals surface area contributed by atoms with Gasteiger partial charge in [-0.25, -0.2) is 0 Å². The highest BCUT2D eigenvalue weighted by Crippen LogP contribution is 2.33. The fraction of sp³-hybridized carbons (Fsp3) is 0.158. The number of thioether (sulfide) groups is 1. The Morgan fingerprint density at radius 1 is 1.30 bits per heavy atom. The Hall–Kier alpha value is -3.73. The van der Waals surface area contributed by atoms with Gasteiger partial charge in [0.05, 0.1) is 34.9 Å². The van der Waals surface area contributed by atoms with E-state index in [1.165, 1.54) is 41.6 Å². The Kier molecular flexibility index (Phi) is 4.74. The van der Waals surface area contributed by atoms with E-state index in [-0.39, 0.29) is 17.1 Å². The predicted molar refractivity (Wildman–Crippen MR) is 115 cm³/mol. The number of carbonyl (C=O) groups is 1. The minimum Gasteiger partial charge on any atom is -0.494 e. The number of nitro groups is 1. The lowest BCUT2D eigenvalue weighted by molar-refractivity contribution is -0.384. The van der Waals surface area contributed by atoms with E-state index in [4.69, 9.17) is 10.1 Å². The van der Waals surface area contributed by atoms with Crippen LogP contribution in [0, 0.1) is 29.4 Å². The van der Waals surface area contributed by atoms with Crippen LogP contribution in [0.4, 0.5) is 5.69 Å². The van der Waals surface area contributed by atoms with E-state index in [9.17, 15) is 14.9 Å². The average Bonchev–Trinajstić information content (AvgIpc) is 3.28. The fourth-order valence-electron chi connectivity index (χ4n) is 3.36. The number of aromatic nitrogens is 1. The number of hydrogen-bond acceptors (Lipinski definition) is 7.